The highest BCUT2D eigenvalue weighted by molar-refractivity contribution is 6.08. The molecule has 110 valence electrons. The molecular formula is C16H18N2O3. The number of anilines is 2. The molecule has 0 aromatic heterocycles. The average Bonchev–Trinajstić information content (AvgIpc) is 2.49. The maximum absolute atomic E-state index is 12.5. The van der Waals surface area contributed by atoms with Crippen LogP contribution in [0.3, 0.4) is 0 Å². The summed E-state index contributed by atoms with van der Waals surface area (Å²) in [6.07, 6.45) is 0. The van der Waals surface area contributed by atoms with Gasteiger partial charge in [-0.2, -0.15) is 0 Å². The largest absolute Gasteiger partial charge is 0.496 e. The highest BCUT2D eigenvalue weighted by atomic mass is 16.5. The number of hydrogen-bond acceptors (Lipinski definition) is 4. The predicted molar refractivity (Wildman–Crippen MR) is 83.1 cm³/mol. The van der Waals surface area contributed by atoms with Crippen LogP contribution in [0.25, 0.3) is 0 Å². The van der Waals surface area contributed by atoms with E-state index in [1.54, 1.807) is 30.3 Å². The zero-order chi connectivity index (χ0) is 15.4. The van der Waals surface area contributed by atoms with Gasteiger partial charge in [-0.25, -0.2) is 0 Å². The van der Waals surface area contributed by atoms with Crippen molar-refractivity contribution in [2.75, 3.05) is 25.3 Å². The van der Waals surface area contributed by atoms with Crippen molar-refractivity contribution in [3.8, 4) is 11.5 Å². The number of amides is 1. The van der Waals surface area contributed by atoms with Crippen LogP contribution >= 0.6 is 0 Å². The third-order valence-corrected chi connectivity index (χ3v) is 3.19. The van der Waals surface area contributed by atoms with E-state index in [-0.39, 0.29) is 5.91 Å². The molecule has 0 aliphatic rings. The summed E-state index contributed by atoms with van der Waals surface area (Å²) in [5.74, 6) is 0.589. The second-order valence-electron chi connectivity index (χ2n) is 4.56. The minimum atomic E-state index is -0.312. The number of methoxy groups -OCH3 is 2. The average molecular weight is 286 g/mol. The monoisotopic (exact) mass is 286 g/mol. The van der Waals surface area contributed by atoms with Crippen LogP contribution in [0.15, 0.2) is 36.4 Å². The van der Waals surface area contributed by atoms with Crippen molar-refractivity contribution in [3.05, 3.63) is 47.5 Å². The number of nitrogens with one attached hydrogen (secondary N) is 1. The van der Waals surface area contributed by atoms with Gasteiger partial charge in [0.05, 0.1) is 14.2 Å². The van der Waals surface area contributed by atoms with Crippen molar-refractivity contribution in [3.63, 3.8) is 0 Å². The highest BCUT2D eigenvalue weighted by Gasteiger charge is 2.18. The second kappa shape index (κ2) is 6.17. The molecule has 0 radical (unpaired) electrons. The topological polar surface area (TPSA) is 73.6 Å². The van der Waals surface area contributed by atoms with Crippen LogP contribution in [-0.2, 0) is 0 Å². The van der Waals surface area contributed by atoms with Crippen LogP contribution in [0.5, 0.6) is 11.5 Å². The zero-order valence-corrected chi connectivity index (χ0v) is 12.3. The first-order valence-electron chi connectivity index (χ1n) is 6.45. The van der Waals surface area contributed by atoms with E-state index < -0.39 is 0 Å². The summed E-state index contributed by atoms with van der Waals surface area (Å²) in [4.78, 5) is 12.5. The van der Waals surface area contributed by atoms with Gasteiger partial charge >= 0.3 is 0 Å². The first kappa shape index (κ1) is 14.7. The Morgan fingerprint density at radius 3 is 2.24 bits per heavy atom. The number of nitrogen functional groups attached to an aromatic ring is 1. The van der Waals surface area contributed by atoms with E-state index in [1.165, 1.54) is 14.2 Å². The third-order valence-electron chi connectivity index (χ3n) is 3.19. The van der Waals surface area contributed by atoms with E-state index in [0.29, 0.717) is 28.4 Å². The summed E-state index contributed by atoms with van der Waals surface area (Å²) in [5.41, 5.74) is 8.40. The summed E-state index contributed by atoms with van der Waals surface area (Å²) >= 11 is 0. The number of rotatable bonds is 4. The molecule has 1 amide bonds. The summed E-state index contributed by atoms with van der Waals surface area (Å²) in [6.45, 7) is 1.91. The van der Waals surface area contributed by atoms with Crippen molar-refractivity contribution in [2.45, 2.75) is 6.92 Å². The molecule has 0 atom stereocenters. The van der Waals surface area contributed by atoms with Gasteiger partial charge in [0.15, 0.2) is 0 Å². The molecule has 0 saturated heterocycles. The maximum atomic E-state index is 12.5. The molecular weight excluding hydrogens is 268 g/mol. The van der Waals surface area contributed by atoms with Crippen molar-refractivity contribution in [1.82, 2.24) is 0 Å². The molecule has 5 nitrogen and oxygen atoms in total. The summed E-state index contributed by atoms with van der Waals surface area (Å²) < 4.78 is 10.4. The SMILES string of the molecule is COc1cccc(OC)c1C(=O)Nc1ccc(C)c(N)c1. The van der Waals surface area contributed by atoms with E-state index in [1.807, 2.05) is 13.0 Å². The number of hydrogen-bond donors (Lipinski definition) is 2. The van der Waals surface area contributed by atoms with Crippen molar-refractivity contribution >= 4 is 17.3 Å². The Morgan fingerprint density at radius 1 is 1.10 bits per heavy atom. The van der Waals surface area contributed by atoms with Crippen molar-refractivity contribution < 1.29 is 14.3 Å². The molecule has 0 saturated carbocycles. The fraction of sp³-hybridized carbons (Fsp3) is 0.188. The van der Waals surface area contributed by atoms with Gasteiger partial charge in [0.25, 0.3) is 5.91 Å². The first-order chi connectivity index (χ1) is 10.1. The molecule has 0 aliphatic carbocycles. The second-order valence-corrected chi connectivity index (χ2v) is 4.56. The quantitative estimate of drug-likeness (QED) is 0.848. The van der Waals surface area contributed by atoms with E-state index in [0.717, 1.165) is 5.56 Å². The number of ether oxygens (including phenoxy) is 2. The standard InChI is InChI=1S/C16H18N2O3/c1-10-7-8-11(9-12(10)17)18-16(19)15-13(20-2)5-4-6-14(15)21-3/h4-9H,17H2,1-3H3,(H,18,19). The molecule has 21 heavy (non-hydrogen) atoms. The molecule has 2 aromatic rings. The van der Waals surface area contributed by atoms with Gasteiger partial charge in [0, 0.05) is 11.4 Å². The molecule has 2 aromatic carbocycles. The lowest BCUT2D eigenvalue weighted by Gasteiger charge is -2.13. The Labute approximate surface area is 123 Å². The number of nitrogens with two attached hydrogens (primary N) is 1. The number of carbonyl (C=O) groups excluding carboxylic acids is 1. The van der Waals surface area contributed by atoms with Gasteiger partial charge in [-0.15, -0.1) is 0 Å². The molecule has 3 N–H and O–H groups in total. The van der Waals surface area contributed by atoms with E-state index in [4.69, 9.17) is 15.2 Å². The van der Waals surface area contributed by atoms with Crippen LogP contribution in [0.2, 0.25) is 0 Å². The smallest absolute Gasteiger partial charge is 0.263 e. The van der Waals surface area contributed by atoms with Crippen LogP contribution < -0.4 is 20.5 Å². The van der Waals surface area contributed by atoms with E-state index in [9.17, 15) is 4.79 Å². The molecule has 2 rings (SSSR count). The Balaban J connectivity index is 2.34. The van der Waals surface area contributed by atoms with Crippen LogP contribution in [0, 0.1) is 6.92 Å². The van der Waals surface area contributed by atoms with Gasteiger partial charge in [-0.1, -0.05) is 12.1 Å². The molecule has 0 fully saturated rings. The zero-order valence-electron chi connectivity index (χ0n) is 12.3. The minimum Gasteiger partial charge on any atom is -0.496 e. The Hall–Kier alpha value is -2.69. The number of aryl methyl sites for hydroxylation is 1. The van der Waals surface area contributed by atoms with Crippen molar-refractivity contribution in [2.24, 2.45) is 0 Å². The maximum Gasteiger partial charge on any atom is 0.263 e. The highest BCUT2D eigenvalue weighted by Crippen LogP contribution is 2.29. The molecule has 5 heteroatoms. The molecule has 0 bridgehead atoms. The Kier molecular flexibility index (Phi) is 4.33. The first-order valence-corrected chi connectivity index (χ1v) is 6.45. The summed E-state index contributed by atoms with van der Waals surface area (Å²) in [5, 5.41) is 2.80. The normalized spacial score (nSPS) is 10.0. The fourth-order valence-corrected chi connectivity index (χ4v) is 1.99. The van der Waals surface area contributed by atoms with Crippen LogP contribution in [0.1, 0.15) is 15.9 Å². The predicted octanol–water partition coefficient (Wildman–Crippen LogP) is 2.85. The molecule has 0 heterocycles. The molecule has 0 aliphatic heterocycles. The van der Waals surface area contributed by atoms with Crippen LogP contribution in [-0.4, -0.2) is 20.1 Å². The lowest BCUT2D eigenvalue weighted by molar-refractivity contribution is 0.102. The Bertz CT molecular complexity index is 646. The third kappa shape index (κ3) is 3.08. The fourth-order valence-electron chi connectivity index (χ4n) is 1.99. The number of benzene rings is 2. The minimum absolute atomic E-state index is 0.312. The summed E-state index contributed by atoms with van der Waals surface area (Å²) in [7, 11) is 3.02. The van der Waals surface area contributed by atoms with Gasteiger partial charge in [-0.3, -0.25) is 4.79 Å². The summed E-state index contributed by atoms with van der Waals surface area (Å²) in [6, 6.07) is 10.5. The Morgan fingerprint density at radius 2 is 1.71 bits per heavy atom. The van der Waals surface area contributed by atoms with Crippen molar-refractivity contribution in [1.29, 1.82) is 0 Å². The van der Waals surface area contributed by atoms with Gasteiger partial charge in [-0.05, 0) is 36.8 Å². The lowest BCUT2D eigenvalue weighted by Crippen LogP contribution is -2.14. The number of carbonyl (C=O) groups is 1. The molecule has 0 spiro atoms. The van der Waals surface area contributed by atoms with E-state index in [2.05, 4.69) is 5.32 Å². The van der Waals surface area contributed by atoms with Gasteiger partial charge in [0.1, 0.15) is 17.1 Å². The van der Waals surface area contributed by atoms with E-state index >= 15 is 0 Å². The molecule has 0 unspecified atom stereocenters. The van der Waals surface area contributed by atoms with Gasteiger partial charge < -0.3 is 20.5 Å². The lowest BCUT2D eigenvalue weighted by atomic mass is 10.1. The van der Waals surface area contributed by atoms with Crippen LogP contribution in [0.4, 0.5) is 11.4 Å². The van der Waals surface area contributed by atoms with Gasteiger partial charge in [0.2, 0.25) is 0 Å².